The molecule has 2 rings (SSSR count). The van der Waals surface area contributed by atoms with Crippen LogP contribution in [0.15, 0.2) is 18.2 Å². The predicted molar refractivity (Wildman–Crippen MR) is 86.9 cm³/mol. The summed E-state index contributed by atoms with van der Waals surface area (Å²) in [5, 5.41) is 0. The van der Waals surface area contributed by atoms with E-state index in [2.05, 4.69) is 43.9 Å². The number of nitrogens with zero attached hydrogens (tertiary/aromatic N) is 1. The Bertz CT molecular complexity index is 435. The van der Waals surface area contributed by atoms with Crippen LogP contribution in [0.1, 0.15) is 56.7 Å². The predicted octanol–water partition coefficient (Wildman–Crippen LogP) is 3.51. The van der Waals surface area contributed by atoms with E-state index in [4.69, 9.17) is 5.73 Å². The van der Waals surface area contributed by atoms with Gasteiger partial charge in [-0.15, -0.1) is 0 Å². The minimum atomic E-state index is 0.120. The molecule has 1 aromatic carbocycles. The van der Waals surface area contributed by atoms with E-state index in [1.807, 2.05) is 0 Å². The molecule has 0 bridgehead atoms. The average Bonchev–Trinajstić information content (AvgIpc) is 2.93. The molecular weight excluding hydrogens is 244 g/mol. The van der Waals surface area contributed by atoms with Gasteiger partial charge in [0, 0.05) is 18.6 Å². The Morgan fingerprint density at radius 3 is 2.60 bits per heavy atom. The molecule has 1 aliphatic rings. The minimum absolute atomic E-state index is 0.120. The molecule has 0 heterocycles. The van der Waals surface area contributed by atoms with Crippen molar-refractivity contribution < 1.29 is 0 Å². The third-order valence-electron chi connectivity index (χ3n) is 4.99. The molecule has 0 fully saturated rings. The summed E-state index contributed by atoms with van der Waals surface area (Å²) in [7, 11) is 0. The highest BCUT2D eigenvalue weighted by molar-refractivity contribution is 5.35. The molecule has 1 aliphatic carbocycles. The molecule has 0 aromatic heterocycles. The van der Waals surface area contributed by atoms with Gasteiger partial charge in [0.2, 0.25) is 0 Å². The van der Waals surface area contributed by atoms with Crippen LogP contribution in [0.4, 0.5) is 0 Å². The van der Waals surface area contributed by atoms with Gasteiger partial charge in [0.25, 0.3) is 0 Å². The van der Waals surface area contributed by atoms with Gasteiger partial charge in [-0.05, 0) is 62.3 Å². The van der Waals surface area contributed by atoms with E-state index >= 15 is 0 Å². The lowest BCUT2D eigenvalue weighted by atomic mass is 9.95. The molecule has 112 valence electrons. The van der Waals surface area contributed by atoms with Gasteiger partial charge in [0.15, 0.2) is 0 Å². The van der Waals surface area contributed by atoms with Crippen molar-refractivity contribution in [2.75, 3.05) is 13.1 Å². The van der Waals surface area contributed by atoms with Gasteiger partial charge in [0.05, 0.1) is 0 Å². The van der Waals surface area contributed by atoms with Crippen LogP contribution < -0.4 is 5.73 Å². The molecule has 20 heavy (non-hydrogen) atoms. The third kappa shape index (κ3) is 3.24. The SMILES string of the molecule is CCCN(Cc1ccc2c(c1)CCC2)C(C)(CC)CN. The third-order valence-corrected chi connectivity index (χ3v) is 4.99. The zero-order chi connectivity index (χ0) is 14.6. The highest BCUT2D eigenvalue weighted by Gasteiger charge is 2.28. The summed E-state index contributed by atoms with van der Waals surface area (Å²) in [6, 6.07) is 7.09. The number of rotatable bonds is 7. The van der Waals surface area contributed by atoms with E-state index in [1.165, 1.54) is 31.2 Å². The zero-order valence-corrected chi connectivity index (χ0v) is 13.4. The number of aryl methyl sites for hydroxylation is 2. The maximum atomic E-state index is 6.05. The zero-order valence-electron chi connectivity index (χ0n) is 13.4. The lowest BCUT2D eigenvalue weighted by Crippen LogP contribution is -2.51. The lowest BCUT2D eigenvalue weighted by molar-refractivity contribution is 0.0972. The second-order valence-electron chi connectivity index (χ2n) is 6.43. The standard InChI is InChI=1S/C18H30N2/c1-4-11-20(18(3,5-2)14-19)13-15-9-10-16-7-6-8-17(16)12-15/h9-10,12H,4-8,11,13-14,19H2,1-3H3. The van der Waals surface area contributed by atoms with E-state index in [-0.39, 0.29) is 5.54 Å². The van der Waals surface area contributed by atoms with Crippen LogP contribution in [0.25, 0.3) is 0 Å². The van der Waals surface area contributed by atoms with E-state index in [1.54, 1.807) is 11.1 Å². The Labute approximate surface area is 124 Å². The van der Waals surface area contributed by atoms with E-state index in [0.717, 1.165) is 26.1 Å². The quantitative estimate of drug-likeness (QED) is 0.824. The first-order valence-corrected chi connectivity index (χ1v) is 8.18. The molecule has 1 atom stereocenters. The largest absolute Gasteiger partial charge is 0.329 e. The van der Waals surface area contributed by atoms with Crippen LogP contribution in [0.5, 0.6) is 0 Å². The number of hydrogen-bond acceptors (Lipinski definition) is 2. The summed E-state index contributed by atoms with van der Waals surface area (Å²) < 4.78 is 0. The van der Waals surface area contributed by atoms with E-state index in [0.29, 0.717) is 0 Å². The molecule has 2 heteroatoms. The van der Waals surface area contributed by atoms with Crippen molar-refractivity contribution in [3.05, 3.63) is 34.9 Å². The van der Waals surface area contributed by atoms with Crippen molar-refractivity contribution in [3.8, 4) is 0 Å². The fraction of sp³-hybridized carbons (Fsp3) is 0.667. The summed E-state index contributed by atoms with van der Waals surface area (Å²) in [4.78, 5) is 2.57. The minimum Gasteiger partial charge on any atom is -0.329 e. The molecule has 1 aromatic rings. The maximum Gasteiger partial charge on any atom is 0.0304 e. The van der Waals surface area contributed by atoms with Gasteiger partial charge in [-0.25, -0.2) is 0 Å². The first-order valence-electron chi connectivity index (χ1n) is 8.18. The summed E-state index contributed by atoms with van der Waals surface area (Å²) in [5.74, 6) is 0. The molecular formula is C18H30N2. The van der Waals surface area contributed by atoms with Crippen LogP contribution in [-0.2, 0) is 19.4 Å². The molecule has 1 unspecified atom stereocenters. The number of nitrogens with two attached hydrogens (primary N) is 1. The maximum absolute atomic E-state index is 6.05. The Morgan fingerprint density at radius 1 is 1.20 bits per heavy atom. The Balaban J connectivity index is 2.15. The Hall–Kier alpha value is -0.860. The number of fused-ring (bicyclic) bond motifs is 1. The summed E-state index contributed by atoms with van der Waals surface area (Å²) in [5.41, 5.74) is 10.8. The first-order chi connectivity index (χ1) is 9.62. The highest BCUT2D eigenvalue weighted by Crippen LogP contribution is 2.26. The normalized spacial score (nSPS) is 17.2. The fourth-order valence-corrected chi connectivity index (χ4v) is 3.25. The van der Waals surface area contributed by atoms with Crippen LogP contribution in [0.2, 0.25) is 0 Å². The van der Waals surface area contributed by atoms with Crippen molar-refractivity contribution in [1.82, 2.24) is 4.90 Å². The first kappa shape index (κ1) is 15.5. The molecule has 2 nitrogen and oxygen atoms in total. The topological polar surface area (TPSA) is 29.3 Å². The molecule has 0 aliphatic heterocycles. The molecule has 0 saturated carbocycles. The highest BCUT2D eigenvalue weighted by atomic mass is 15.2. The smallest absolute Gasteiger partial charge is 0.0304 e. The Kier molecular flexibility index (Phi) is 5.22. The average molecular weight is 274 g/mol. The van der Waals surface area contributed by atoms with Gasteiger partial charge in [-0.2, -0.15) is 0 Å². The van der Waals surface area contributed by atoms with Crippen LogP contribution in [0, 0.1) is 0 Å². The molecule has 0 amide bonds. The molecule has 0 radical (unpaired) electrons. The summed E-state index contributed by atoms with van der Waals surface area (Å²) in [6.45, 7) is 9.69. The second kappa shape index (κ2) is 6.73. The monoisotopic (exact) mass is 274 g/mol. The van der Waals surface area contributed by atoms with Gasteiger partial charge in [-0.3, -0.25) is 4.90 Å². The number of benzene rings is 1. The van der Waals surface area contributed by atoms with E-state index in [9.17, 15) is 0 Å². The second-order valence-corrected chi connectivity index (χ2v) is 6.43. The van der Waals surface area contributed by atoms with Gasteiger partial charge in [-0.1, -0.05) is 32.0 Å². The van der Waals surface area contributed by atoms with Gasteiger partial charge < -0.3 is 5.73 Å². The van der Waals surface area contributed by atoms with Crippen molar-refractivity contribution in [3.63, 3.8) is 0 Å². The van der Waals surface area contributed by atoms with Crippen molar-refractivity contribution >= 4 is 0 Å². The van der Waals surface area contributed by atoms with Crippen LogP contribution >= 0.6 is 0 Å². The molecule has 0 spiro atoms. The Morgan fingerprint density at radius 2 is 1.95 bits per heavy atom. The molecule has 0 saturated heterocycles. The summed E-state index contributed by atoms with van der Waals surface area (Å²) in [6.07, 6.45) is 6.14. The van der Waals surface area contributed by atoms with Crippen LogP contribution in [0.3, 0.4) is 0 Å². The fourth-order valence-electron chi connectivity index (χ4n) is 3.25. The van der Waals surface area contributed by atoms with Gasteiger partial charge >= 0.3 is 0 Å². The summed E-state index contributed by atoms with van der Waals surface area (Å²) >= 11 is 0. The van der Waals surface area contributed by atoms with Crippen LogP contribution in [-0.4, -0.2) is 23.5 Å². The lowest BCUT2D eigenvalue weighted by Gasteiger charge is -2.40. The van der Waals surface area contributed by atoms with Crippen molar-refractivity contribution in [2.45, 2.75) is 65.0 Å². The number of hydrogen-bond donors (Lipinski definition) is 1. The van der Waals surface area contributed by atoms with Crippen molar-refractivity contribution in [2.24, 2.45) is 5.73 Å². The van der Waals surface area contributed by atoms with Gasteiger partial charge in [0.1, 0.15) is 0 Å². The molecule has 2 N–H and O–H groups in total. The van der Waals surface area contributed by atoms with Crippen molar-refractivity contribution in [1.29, 1.82) is 0 Å². The van der Waals surface area contributed by atoms with E-state index < -0.39 is 0 Å².